The second-order valence-corrected chi connectivity index (χ2v) is 8.01. The first-order valence-corrected chi connectivity index (χ1v) is 8.28. The van der Waals surface area contributed by atoms with Gasteiger partial charge in [0, 0.05) is 32.8 Å². The van der Waals surface area contributed by atoms with Crippen molar-refractivity contribution >= 4 is 11.6 Å². The van der Waals surface area contributed by atoms with Crippen LogP contribution in [0.5, 0.6) is 0 Å². The van der Waals surface area contributed by atoms with Crippen LogP contribution in [0.3, 0.4) is 0 Å². The molecule has 0 aliphatic heterocycles. The lowest BCUT2D eigenvalue weighted by molar-refractivity contribution is -0.144. The minimum Gasteiger partial charge on any atom is -0.300 e. The van der Waals surface area contributed by atoms with E-state index in [-0.39, 0.29) is 36.4 Å². The molecule has 6 atom stereocenters. The first-order chi connectivity index (χ1) is 12.2. The normalized spacial score (nSPS) is 64.5. The van der Waals surface area contributed by atoms with E-state index >= 15 is 0 Å². The quantitative estimate of drug-likeness (QED) is 0.672. The molecule has 0 aromatic carbocycles. The van der Waals surface area contributed by atoms with Crippen molar-refractivity contribution in [1.29, 1.82) is 0 Å². The zero-order chi connectivity index (χ0) is 20.2. The fraction of sp³-hybridized carbons (Fsp3) is 0.895. The highest BCUT2D eigenvalue weighted by atomic mass is 16.1. The monoisotopic (exact) mass is 294 g/mol. The molecule has 2 nitrogen and oxygen atoms in total. The zero-order valence-corrected chi connectivity index (χ0v) is 12.9. The van der Waals surface area contributed by atoms with Gasteiger partial charge in [-0.05, 0) is 67.6 Å². The fourth-order valence-corrected chi connectivity index (χ4v) is 5.81. The highest BCUT2D eigenvalue weighted by Gasteiger charge is 2.60. The molecule has 0 radical (unpaired) electrons. The minimum atomic E-state index is -2.18. The molecule has 0 aromatic rings. The van der Waals surface area contributed by atoms with E-state index < -0.39 is 41.6 Å². The third-order valence-corrected chi connectivity index (χ3v) is 7.19. The SMILES string of the molecule is [2H]C1([2H])CC2(C)C3CCC4(C)C(=O)C([2H])([2H])CC4C3CCC2C([2H])([2H])C1=O. The lowest BCUT2D eigenvalue weighted by atomic mass is 9.45. The maximum atomic E-state index is 12.7. The van der Waals surface area contributed by atoms with Crippen LogP contribution in [-0.2, 0) is 9.59 Å². The second-order valence-electron chi connectivity index (χ2n) is 8.01. The number of carbonyl (C=O) groups excluding carboxylic acids is 2. The zero-order valence-electron chi connectivity index (χ0n) is 18.9. The van der Waals surface area contributed by atoms with Crippen LogP contribution in [0.1, 0.15) is 79.7 Å². The molecule has 0 heterocycles. The molecule has 4 saturated carbocycles. The van der Waals surface area contributed by atoms with Gasteiger partial charge in [-0.3, -0.25) is 9.59 Å². The molecule has 4 aliphatic carbocycles. The van der Waals surface area contributed by atoms with Gasteiger partial charge in [-0.15, -0.1) is 0 Å². The molecular formula is C19H28O2. The number of hydrogen-bond donors (Lipinski definition) is 0. The lowest BCUT2D eigenvalue weighted by Crippen LogP contribution is -2.53. The predicted molar refractivity (Wildman–Crippen MR) is 81.7 cm³/mol. The van der Waals surface area contributed by atoms with E-state index in [2.05, 4.69) is 0 Å². The summed E-state index contributed by atoms with van der Waals surface area (Å²) in [5.74, 6) is -1.70. The van der Waals surface area contributed by atoms with E-state index in [0.29, 0.717) is 25.7 Å². The van der Waals surface area contributed by atoms with Crippen molar-refractivity contribution in [2.24, 2.45) is 34.5 Å². The van der Waals surface area contributed by atoms with Gasteiger partial charge < -0.3 is 0 Å². The van der Waals surface area contributed by atoms with Crippen LogP contribution in [-0.4, -0.2) is 11.6 Å². The van der Waals surface area contributed by atoms with Crippen LogP contribution in [0.2, 0.25) is 0 Å². The molecule has 4 rings (SSSR count). The lowest BCUT2D eigenvalue weighted by Gasteiger charge is -2.59. The topological polar surface area (TPSA) is 34.1 Å². The molecule has 2 heteroatoms. The average Bonchev–Trinajstić information content (AvgIpc) is 2.72. The predicted octanol–water partition coefficient (Wildman–Crippen LogP) is 4.17. The van der Waals surface area contributed by atoms with Crippen molar-refractivity contribution in [3.8, 4) is 0 Å². The van der Waals surface area contributed by atoms with Gasteiger partial charge in [0.2, 0.25) is 0 Å². The largest absolute Gasteiger partial charge is 0.300 e. The summed E-state index contributed by atoms with van der Waals surface area (Å²) in [5, 5.41) is 0. The summed E-state index contributed by atoms with van der Waals surface area (Å²) in [5.41, 5.74) is -1.32. The van der Waals surface area contributed by atoms with E-state index in [9.17, 15) is 9.59 Å². The fourth-order valence-electron chi connectivity index (χ4n) is 5.81. The van der Waals surface area contributed by atoms with Gasteiger partial charge in [0.05, 0.1) is 0 Å². The third kappa shape index (κ3) is 1.77. The summed E-state index contributed by atoms with van der Waals surface area (Å²) in [6.45, 7) is 3.82. The Balaban J connectivity index is 1.75. The first kappa shape index (κ1) is 8.84. The van der Waals surface area contributed by atoms with Gasteiger partial charge in [-0.2, -0.15) is 0 Å². The summed E-state index contributed by atoms with van der Waals surface area (Å²) >= 11 is 0. The Hall–Kier alpha value is -0.660. The number of carbonyl (C=O) groups is 2. The van der Waals surface area contributed by atoms with Gasteiger partial charge >= 0.3 is 0 Å². The Labute approximate surface area is 136 Å². The standard InChI is InChI=1S/C19H28O2/c1-18-9-7-13(20)11-12(18)3-4-14-15-5-6-17(21)19(15,2)10-8-16(14)18/h12,14-16H,3-11H2,1-2H3/i6D2,7D2,11D2. The molecule has 4 aliphatic rings. The summed E-state index contributed by atoms with van der Waals surface area (Å²) in [6, 6.07) is 0. The van der Waals surface area contributed by atoms with E-state index in [0.717, 1.165) is 0 Å². The number of fused-ring (bicyclic) bond motifs is 5. The minimum absolute atomic E-state index is 0.0223. The number of hydrogen-bond acceptors (Lipinski definition) is 2. The molecule has 0 aromatic heterocycles. The molecule has 21 heavy (non-hydrogen) atoms. The molecular weight excluding hydrogens is 260 g/mol. The number of ketones is 2. The van der Waals surface area contributed by atoms with Crippen molar-refractivity contribution in [2.45, 2.75) is 71.5 Å². The van der Waals surface area contributed by atoms with Crippen LogP contribution in [0, 0.1) is 34.5 Å². The van der Waals surface area contributed by atoms with Gasteiger partial charge in [0.15, 0.2) is 0 Å². The molecule has 0 saturated heterocycles. The van der Waals surface area contributed by atoms with E-state index in [1.165, 1.54) is 0 Å². The van der Waals surface area contributed by atoms with Crippen molar-refractivity contribution in [3.05, 3.63) is 0 Å². The van der Waals surface area contributed by atoms with Crippen LogP contribution < -0.4 is 0 Å². The molecule has 0 spiro atoms. The summed E-state index contributed by atoms with van der Waals surface area (Å²) in [4.78, 5) is 25.2. The van der Waals surface area contributed by atoms with Crippen LogP contribution in [0.4, 0.5) is 0 Å². The molecule has 116 valence electrons. The van der Waals surface area contributed by atoms with E-state index in [1.54, 1.807) is 0 Å². The first-order valence-electron chi connectivity index (χ1n) is 11.3. The Morgan fingerprint density at radius 3 is 2.62 bits per heavy atom. The second kappa shape index (κ2) is 4.43. The average molecular weight is 294 g/mol. The summed E-state index contributed by atoms with van der Waals surface area (Å²) < 4.78 is 49.5. The van der Waals surface area contributed by atoms with Crippen LogP contribution in [0.15, 0.2) is 0 Å². The van der Waals surface area contributed by atoms with Gasteiger partial charge in [-0.25, -0.2) is 0 Å². The molecule has 0 amide bonds. The number of Topliss-reactive ketones (excluding diaryl/α,β-unsaturated/α-hetero) is 2. The molecule has 6 unspecified atom stereocenters. The van der Waals surface area contributed by atoms with Gasteiger partial charge in [-0.1, -0.05) is 13.8 Å². The van der Waals surface area contributed by atoms with E-state index in [4.69, 9.17) is 8.22 Å². The van der Waals surface area contributed by atoms with Crippen molar-refractivity contribution in [1.82, 2.24) is 0 Å². The molecule has 0 bridgehead atoms. The Morgan fingerprint density at radius 1 is 1.00 bits per heavy atom. The Bertz CT molecular complexity index is 719. The smallest absolute Gasteiger partial charge is 0.139 e. The van der Waals surface area contributed by atoms with Gasteiger partial charge in [0.1, 0.15) is 11.6 Å². The highest BCUT2D eigenvalue weighted by Crippen LogP contribution is 2.65. The maximum absolute atomic E-state index is 12.7. The van der Waals surface area contributed by atoms with Crippen LogP contribution >= 0.6 is 0 Å². The van der Waals surface area contributed by atoms with Gasteiger partial charge in [0.25, 0.3) is 0 Å². The Morgan fingerprint density at radius 2 is 1.81 bits per heavy atom. The third-order valence-electron chi connectivity index (χ3n) is 7.19. The number of rotatable bonds is 0. The highest BCUT2D eigenvalue weighted by molar-refractivity contribution is 5.87. The summed E-state index contributed by atoms with van der Waals surface area (Å²) in [7, 11) is 0. The molecule has 0 N–H and O–H groups in total. The van der Waals surface area contributed by atoms with Crippen molar-refractivity contribution in [2.75, 3.05) is 0 Å². The summed E-state index contributed by atoms with van der Waals surface area (Å²) in [6.07, 6.45) is -3.51. The maximum Gasteiger partial charge on any atom is 0.139 e. The van der Waals surface area contributed by atoms with Crippen LogP contribution in [0.25, 0.3) is 0 Å². The molecule has 4 fully saturated rings. The van der Waals surface area contributed by atoms with Crippen molar-refractivity contribution in [3.63, 3.8) is 0 Å². The Kier molecular flexibility index (Phi) is 1.86. The van der Waals surface area contributed by atoms with Crippen molar-refractivity contribution < 1.29 is 17.8 Å². The van der Waals surface area contributed by atoms with E-state index in [1.807, 2.05) is 13.8 Å².